The molecule has 0 spiro atoms. The molecule has 0 atom stereocenters. The molecule has 2 aromatic carbocycles. The number of halogens is 2. The Morgan fingerprint density at radius 2 is 2.00 bits per heavy atom. The molecule has 0 heterocycles. The molecule has 0 radical (unpaired) electrons. The number of aliphatic hydroxyl groups excluding tert-OH is 1. The molecule has 0 aliphatic heterocycles. The Bertz CT molecular complexity index is 682. The summed E-state index contributed by atoms with van der Waals surface area (Å²) in [6.07, 6.45) is 0.746. The molecule has 0 saturated heterocycles. The first-order chi connectivity index (χ1) is 12.2. The maximum Gasteiger partial charge on any atom is 0.180 e. The molecule has 2 aromatic rings. The van der Waals surface area contributed by atoms with E-state index in [0.717, 1.165) is 25.1 Å². The highest BCUT2D eigenvalue weighted by Crippen LogP contribution is 2.37. The second kappa shape index (κ2) is 10.2. The number of benzene rings is 2. The molecule has 136 valence electrons. The van der Waals surface area contributed by atoms with Gasteiger partial charge in [0.25, 0.3) is 0 Å². The number of ether oxygens (including phenoxy) is 2. The van der Waals surface area contributed by atoms with Gasteiger partial charge in [-0.2, -0.15) is 0 Å². The van der Waals surface area contributed by atoms with Gasteiger partial charge >= 0.3 is 0 Å². The lowest BCUT2D eigenvalue weighted by molar-refractivity contribution is -0.671. The van der Waals surface area contributed by atoms with E-state index >= 15 is 0 Å². The Morgan fingerprint density at radius 1 is 1.20 bits per heavy atom. The second-order valence-electron chi connectivity index (χ2n) is 5.58. The third-order valence-electron chi connectivity index (χ3n) is 3.65. The Labute approximate surface area is 152 Å². The van der Waals surface area contributed by atoms with E-state index in [-0.39, 0.29) is 19.0 Å². The molecule has 0 fully saturated rings. The van der Waals surface area contributed by atoms with Crippen molar-refractivity contribution in [1.29, 1.82) is 0 Å². The number of rotatable bonds is 10. The third-order valence-corrected chi connectivity index (χ3v) is 3.93. The van der Waals surface area contributed by atoms with Gasteiger partial charge in [-0.25, -0.2) is 4.39 Å². The highest BCUT2D eigenvalue weighted by atomic mass is 35.5. The summed E-state index contributed by atoms with van der Waals surface area (Å²) < 4.78 is 25.1. The molecule has 0 bridgehead atoms. The minimum absolute atomic E-state index is 0.0778. The van der Waals surface area contributed by atoms with Crippen LogP contribution in [0.1, 0.15) is 24.5 Å². The minimum atomic E-state index is -0.313. The topological polar surface area (TPSA) is 55.3 Å². The molecule has 2 rings (SSSR count). The van der Waals surface area contributed by atoms with E-state index in [2.05, 4.69) is 5.32 Å². The van der Waals surface area contributed by atoms with Crippen molar-refractivity contribution in [2.24, 2.45) is 0 Å². The number of hydrogen-bond donors (Lipinski definition) is 2. The van der Waals surface area contributed by atoms with Crippen LogP contribution in [0.2, 0.25) is 5.02 Å². The smallest absolute Gasteiger partial charge is 0.180 e. The van der Waals surface area contributed by atoms with Crippen LogP contribution in [0, 0.1) is 5.82 Å². The van der Waals surface area contributed by atoms with E-state index in [4.69, 9.17) is 26.2 Å². The van der Waals surface area contributed by atoms with Gasteiger partial charge in [0, 0.05) is 24.2 Å². The Balaban J connectivity index is 2.11. The summed E-state index contributed by atoms with van der Waals surface area (Å²) in [5, 5.41) is 11.4. The summed E-state index contributed by atoms with van der Waals surface area (Å²) in [7, 11) is 0. The maximum atomic E-state index is 13.7. The summed E-state index contributed by atoms with van der Waals surface area (Å²) in [4.78, 5) is 0. The van der Waals surface area contributed by atoms with Gasteiger partial charge in [0.15, 0.2) is 11.5 Å². The highest BCUT2D eigenvalue weighted by molar-refractivity contribution is 6.32. The highest BCUT2D eigenvalue weighted by Gasteiger charge is 2.14. The Kier molecular flexibility index (Phi) is 7.98. The van der Waals surface area contributed by atoms with Crippen molar-refractivity contribution in [2.45, 2.75) is 26.5 Å². The fraction of sp³-hybridized carbons (Fsp3) is 0.368. The molecular weight excluding hydrogens is 345 g/mol. The van der Waals surface area contributed by atoms with E-state index in [1.54, 1.807) is 18.2 Å². The standard InChI is InChI=1S/C19H23ClFNO3/c1-2-24-18-11-14(12-22-8-5-9-23)10-16(20)19(18)25-13-15-6-3-4-7-17(15)21/h3-4,6-7,10-11,22-23H,2,5,8-9,12-13H2,1H3/p+1. The third kappa shape index (κ3) is 5.88. The largest absolute Gasteiger partial charge is 0.490 e. The van der Waals surface area contributed by atoms with Crippen molar-refractivity contribution in [3.05, 3.63) is 58.4 Å². The molecule has 0 aromatic heterocycles. The fourth-order valence-electron chi connectivity index (χ4n) is 2.41. The van der Waals surface area contributed by atoms with Crippen LogP contribution in [0.3, 0.4) is 0 Å². The van der Waals surface area contributed by atoms with E-state index in [1.165, 1.54) is 6.07 Å². The molecule has 0 aliphatic rings. The van der Waals surface area contributed by atoms with E-state index in [1.807, 2.05) is 19.1 Å². The van der Waals surface area contributed by atoms with Gasteiger partial charge < -0.3 is 19.9 Å². The van der Waals surface area contributed by atoms with Crippen LogP contribution in [-0.4, -0.2) is 24.9 Å². The van der Waals surface area contributed by atoms with Crippen LogP contribution in [0.25, 0.3) is 0 Å². The lowest BCUT2D eigenvalue weighted by Crippen LogP contribution is -2.82. The Morgan fingerprint density at radius 3 is 2.72 bits per heavy atom. The predicted molar refractivity (Wildman–Crippen MR) is 95.6 cm³/mol. The van der Waals surface area contributed by atoms with Gasteiger partial charge in [0.05, 0.1) is 18.2 Å². The van der Waals surface area contributed by atoms with Gasteiger partial charge in [-0.1, -0.05) is 29.8 Å². The minimum Gasteiger partial charge on any atom is -0.490 e. The molecule has 0 amide bonds. The summed E-state index contributed by atoms with van der Waals surface area (Å²) in [5.41, 5.74) is 1.46. The summed E-state index contributed by atoms with van der Waals surface area (Å²) >= 11 is 6.36. The molecule has 4 nitrogen and oxygen atoms in total. The second-order valence-corrected chi connectivity index (χ2v) is 5.98. The number of hydrogen-bond acceptors (Lipinski definition) is 3. The van der Waals surface area contributed by atoms with Crippen molar-refractivity contribution in [3.8, 4) is 11.5 Å². The van der Waals surface area contributed by atoms with Crippen molar-refractivity contribution in [1.82, 2.24) is 0 Å². The van der Waals surface area contributed by atoms with Gasteiger partial charge in [0.1, 0.15) is 19.0 Å². The van der Waals surface area contributed by atoms with Crippen molar-refractivity contribution >= 4 is 11.6 Å². The number of aliphatic hydroxyl groups is 1. The van der Waals surface area contributed by atoms with Crippen molar-refractivity contribution in [2.75, 3.05) is 19.8 Å². The van der Waals surface area contributed by atoms with Crippen molar-refractivity contribution in [3.63, 3.8) is 0 Å². The number of quaternary nitrogens is 1. The molecular formula is C19H24ClFNO3+. The average Bonchev–Trinajstić information content (AvgIpc) is 2.60. The van der Waals surface area contributed by atoms with Crippen LogP contribution in [0.4, 0.5) is 4.39 Å². The van der Waals surface area contributed by atoms with Gasteiger partial charge in [-0.15, -0.1) is 0 Å². The first kappa shape index (κ1) is 19.5. The normalized spacial score (nSPS) is 10.7. The van der Waals surface area contributed by atoms with Crippen LogP contribution in [0.15, 0.2) is 36.4 Å². The van der Waals surface area contributed by atoms with Crippen LogP contribution in [0.5, 0.6) is 11.5 Å². The van der Waals surface area contributed by atoms with E-state index in [0.29, 0.717) is 28.7 Å². The zero-order valence-electron chi connectivity index (χ0n) is 14.3. The van der Waals surface area contributed by atoms with E-state index < -0.39 is 0 Å². The van der Waals surface area contributed by atoms with Crippen LogP contribution < -0.4 is 14.8 Å². The zero-order chi connectivity index (χ0) is 18.1. The summed E-state index contributed by atoms with van der Waals surface area (Å²) in [6, 6.07) is 10.2. The van der Waals surface area contributed by atoms with E-state index in [9.17, 15) is 4.39 Å². The Hall–Kier alpha value is -1.82. The monoisotopic (exact) mass is 368 g/mol. The summed E-state index contributed by atoms with van der Waals surface area (Å²) in [6.45, 7) is 4.19. The van der Waals surface area contributed by atoms with Crippen LogP contribution in [-0.2, 0) is 13.2 Å². The molecule has 3 N–H and O–H groups in total. The fourth-order valence-corrected chi connectivity index (χ4v) is 2.70. The lowest BCUT2D eigenvalue weighted by Gasteiger charge is -2.15. The SMILES string of the molecule is CCOc1cc(C[NH2+]CCCO)cc(Cl)c1OCc1ccccc1F. The molecule has 6 heteroatoms. The van der Waals surface area contributed by atoms with Gasteiger partial charge in [0.2, 0.25) is 0 Å². The van der Waals surface area contributed by atoms with Crippen molar-refractivity contribution < 1.29 is 24.3 Å². The molecule has 25 heavy (non-hydrogen) atoms. The van der Waals surface area contributed by atoms with Crippen LogP contribution >= 0.6 is 11.6 Å². The van der Waals surface area contributed by atoms with Gasteiger partial charge in [-0.3, -0.25) is 0 Å². The zero-order valence-corrected chi connectivity index (χ0v) is 15.1. The summed E-state index contributed by atoms with van der Waals surface area (Å²) in [5.74, 6) is 0.662. The lowest BCUT2D eigenvalue weighted by atomic mass is 10.2. The first-order valence-corrected chi connectivity index (χ1v) is 8.77. The molecule has 0 saturated carbocycles. The molecule has 0 aliphatic carbocycles. The quantitative estimate of drug-likeness (QED) is 0.634. The number of nitrogens with two attached hydrogens (primary N) is 1. The predicted octanol–water partition coefficient (Wildman–Crippen LogP) is 2.90. The molecule has 0 unspecified atom stereocenters. The maximum absolute atomic E-state index is 13.7. The first-order valence-electron chi connectivity index (χ1n) is 8.39. The van der Waals surface area contributed by atoms with Gasteiger partial charge in [-0.05, 0) is 25.1 Å². The average molecular weight is 369 g/mol.